The zero-order chi connectivity index (χ0) is 25.8. The predicted octanol–water partition coefficient (Wildman–Crippen LogP) is 5.84. The molecule has 36 heavy (non-hydrogen) atoms. The number of halogens is 1. The number of carbonyl (C=O) groups is 1. The molecule has 0 aliphatic carbocycles. The smallest absolute Gasteiger partial charge is 0.339 e. The van der Waals surface area contributed by atoms with Crippen LogP contribution in [-0.2, 0) is 13.0 Å². The van der Waals surface area contributed by atoms with Crippen molar-refractivity contribution in [2.75, 3.05) is 25.6 Å². The Balaban J connectivity index is 1.58. The van der Waals surface area contributed by atoms with E-state index >= 15 is 0 Å². The molecule has 188 valence electrons. The van der Waals surface area contributed by atoms with E-state index in [2.05, 4.69) is 25.9 Å². The number of aromatic nitrogens is 3. The SMILES string of the molecule is CCOc1cc(-c2cc(NCCn3c(C)cc4c(OC)ccc(Cl)c43)ncn2)cc(CC)c1C(=O)O. The minimum atomic E-state index is -1.00. The van der Waals surface area contributed by atoms with Crippen molar-refractivity contribution in [3.63, 3.8) is 0 Å². The fraction of sp³-hybridized carbons (Fsp3) is 0.296. The minimum absolute atomic E-state index is 0.195. The Morgan fingerprint density at radius 3 is 2.64 bits per heavy atom. The van der Waals surface area contributed by atoms with Crippen LogP contribution in [0.2, 0.25) is 5.02 Å². The highest BCUT2D eigenvalue weighted by Gasteiger charge is 2.19. The number of rotatable bonds is 10. The molecular formula is C27H29ClN4O4. The van der Waals surface area contributed by atoms with Gasteiger partial charge in [-0.2, -0.15) is 0 Å². The number of hydrogen-bond acceptors (Lipinski definition) is 6. The topological polar surface area (TPSA) is 98.5 Å². The Morgan fingerprint density at radius 1 is 1.14 bits per heavy atom. The second kappa shape index (κ2) is 10.9. The van der Waals surface area contributed by atoms with Crippen LogP contribution in [0.1, 0.15) is 35.5 Å². The second-order valence-electron chi connectivity index (χ2n) is 8.26. The van der Waals surface area contributed by atoms with Crippen molar-refractivity contribution in [1.29, 1.82) is 0 Å². The van der Waals surface area contributed by atoms with Crippen molar-refractivity contribution in [3.05, 3.63) is 64.6 Å². The van der Waals surface area contributed by atoms with Gasteiger partial charge < -0.3 is 24.5 Å². The molecule has 0 unspecified atom stereocenters. The summed E-state index contributed by atoms with van der Waals surface area (Å²) in [5, 5.41) is 14.7. The number of benzene rings is 2. The summed E-state index contributed by atoms with van der Waals surface area (Å²) in [6, 6.07) is 11.2. The highest BCUT2D eigenvalue weighted by molar-refractivity contribution is 6.35. The first kappa shape index (κ1) is 25.3. The number of carboxylic acids is 1. The summed E-state index contributed by atoms with van der Waals surface area (Å²) >= 11 is 6.52. The van der Waals surface area contributed by atoms with Gasteiger partial charge in [0.1, 0.15) is 29.2 Å². The number of nitrogens with one attached hydrogen (secondary N) is 1. The second-order valence-corrected chi connectivity index (χ2v) is 8.67. The fourth-order valence-corrected chi connectivity index (χ4v) is 4.69. The molecule has 2 heterocycles. The van der Waals surface area contributed by atoms with E-state index in [1.807, 2.05) is 45.0 Å². The zero-order valence-corrected chi connectivity index (χ0v) is 21.5. The van der Waals surface area contributed by atoms with Crippen LogP contribution in [0, 0.1) is 6.92 Å². The third-order valence-electron chi connectivity index (χ3n) is 6.08. The largest absolute Gasteiger partial charge is 0.496 e. The van der Waals surface area contributed by atoms with E-state index < -0.39 is 5.97 Å². The summed E-state index contributed by atoms with van der Waals surface area (Å²) in [5.74, 6) is 0.791. The van der Waals surface area contributed by atoms with E-state index in [0.717, 1.165) is 27.9 Å². The molecule has 0 bridgehead atoms. The van der Waals surface area contributed by atoms with Crippen molar-refractivity contribution in [2.45, 2.75) is 33.7 Å². The molecule has 4 rings (SSSR count). The summed E-state index contributed by atoms with van der Waals surface area (Å²) in [6.45, 7) is 7.44. The van der Waals surface area contributed by atoms with E-state index in [4.69, 9.17) is 21.1 Å². The van der Waals surface area contributed by atoms with Crippen LogP contribution in [0.15, 0.2) is 42.7 Å². The van der Waals surface area contributed by atoms with Gasteiger partial charge >= 0.3 is 5.97 Å². The lowest BCUT2D eigenvalue weighted by atomic mass is 9.99. The molecule has 0 spiro atoms. The van der Waals surface area contributed by atoms with Gasteiger partial charge in [0.15, 0.2) is 0 Å². The average Bonchev–Trinajstić information content (AvgIpc) is 3.20. The molecule has 0 saturated heterocycles. The van der Waals surface area contributed by atoms with E-state index in [1.54, 1.807) is 13.2 Å². The van der Waals surface area contributed by atoms with Gasteiger partial charge in [-0.05, 0) is 56.2 Å². The maximum atomic E-state index is 11.8. The third-order valence-corrected chi connectivity index (χ3v) is 6.38. The van der Waals surface area contributed by atoms with Gasteiger partial charge in [0.05, 0.1) is 29.9 Å². The lowest BCUT2D eigenvalue weighted by molar-refractivity contribution is 0.0691. The van der Waals surface area contributed by atoms with Gasteiger partial charge in [0.2, 0.25) is 0 Å². The summed E-state index contributed by atoms with van der Waals surface area (Å²) in [7, 11) is 1.65. The molecule has 8 nitrogen and oxygen atoms in total. The van der Waals surface area contributed by atoms with Crippen LogP contribution in [0.4, 0.5) is 5.82 Å². The number of carboxylic acid groups (broad SMARTS) is 1. The number of fused-ring (bicyclic) bond motifs is 1. The summed E-state index contributed by atoms with van der Waals surface area (Å²) < 4.78 is 13.3. The lowest BCUT2D eigenvalue weighted by Crippen LogP contribution is -2.12. The van der Waals surface area contributed by atoms with Gasteiger partial charge in [-0.3, -0.25) is 0 Å². The normalized spacial score (nSPS) is 11.0. The van der Waals surface area contributed by atoms with Gasteiger partial charge in [-0.1, -0.05) is 18.5 Å². The van der Waals surface area contributed by atoms with E-state index in [-0.39, 0.29) is 5.56 Å². The van der Waals surface area contributed by atoms with E-state index in [0.29, 0.717) is 54.0 Å². The monoisotopic (exact) mass is 508 g/mol. The molecule has 2 N–H and O–H groups in total. The number of hydrogen-bond donors (Lipinski definition) is 2. The van der Waals surface area contributed by atoms with Crippen LogP contribution < -0.4 is 14.8 Å². The van der Waals surface area contributed by atoms with Crippen molar-refractivity contribution in [1.82, 2.24) is 14.5 Å². The van der Waals surface area contributed by atoms with E-state index in [1.165, 1.54) is 6.33 Å². The Kier molecular flexibility index (Phi) is 7.64. The minimum Gasteiger partial charge on any atom is -0.496 e. The highest BCUT2D eigenvalue weighted by atomic mass is 35.5. The number of aromatic carboxylic acids is 1. The van der Waals surface area contributed by atoms with Gasteiger partial charge in [-0.25, -0.2) is 14.8 Å². The zero-order valence-electron chi connectivity index (χ0n) is 20.8. The molecule has 0 atom stereocenters. The predicted molar refractivity (Wildman–Crippen MR) is 142 cm³/mol. The molecule has 2 aromatic heterocycles. The van der Waals surface area contributed by atoms with Crippen LogP contribution in [-0.4, -0.2) is 45.9 Å². The molecule has 0 aliphatic rings. The molecule has 4 aromatic rings. The van der Waals surface area contributed by atoms with Gasteiger partial charge in [0.25, 0.3) is 0 Å². The lowest BCUT2D eigenvalue weighted by Gasteiger charge is -2.14. The van der Waals surface area contributed by atoms with Crippen LogP contribution in [0.25, 0.3) is 22.2 Å². The molecule has 0 amide bonds. The number of aryl methyl sites for hydroxylation is 2. The van der Waals surface area contributed by atoms with Crippen molar-refractivity contribution < 1.29 is 19.4 Å². The summed E-state index contributed by atoms with van der Waals surface area (Å²) in [6.07, 6.45) is 2.05. The Morgan fingerprint density at radius 2 is 1.94 bits per heavy atom. The van der Waals surface area contributed by atoms with Crippen molar-refractivity contribution in [3.8, 4) is 22.8 Å². The standard InChI is InChI=1S/C27H29ClN4O4/c1-5-17-12-18(13-23(36-6-2)25(17)27(33)34)21-14-24(31-15-30-21)29-9-10-32-16(3)11-19-22(35-4)8-7-20(28)26(19)32/h7-8,11-15H,5-6,9-10H2,1-4H3,(H,33,34)(H,29,30,31). The molecule has 0 aliphatic heterocycles. The maximum Gasteiger partial charge on any atom is 0.339 e. The number of ether oxygens (including phenoxy) is 2. The Labute approximate surface area is 214 Å². The molecule has 9 heteroatoms. The molecule has 0 fully saturated rings. The summed E-state index contributed by atoms with van der Waals surface area (Å²) in [4.78, 5) is 20.6. The third kappa shape index (κ3) is 4.95. The van der Waals surface area contributed by atoms with Gasteiger partial charge in [-0.15, -0.1) is 0 Å². The van der Waals surface area contributed by atoms with Crippen LogP contribution >= 0.6 is 11.6 Å². The average molecular weight is 509 g/mol. The molecule has 2 aromatic carbocycles. The number of nitrogens with zero attached hydrogens (tertiary/aromatic N) is 3. The number of anilines is 1. The highest BCUT2D eigenvalue weighted by Crippen LogP contribution is 2.34. The first-order chi connectivity index (χ1) is 17.4. The van der Waals surface area contributed by atoms with Crippen molar-refractivity contribution >= 4 is 34.3 Å². The molecule has 0 radical (unpaired) electrons. The molecular weight excluding hydrogens is 480 g/mol. The number of methoxy groups -OCH3 is 1. The first-order valence-corrected chi connectivity index (χ1v) is 12.2. The first-order valence-electron chi connectivity index (χ1n) is 11.8. The van der Waals surface area contributed by atoms with Crippen LogP contribution in [0.5, 0.6) is 11.5 Å². The fourth-order valence-electron chi connectivity index (χ4n) is 4.43. The van der Waals surface area contributed by atoms with Crippen molar-refractivity contribution in [2.24, 2.45) is 0 Å². The maximum absolute atomic E-state index is 11.8. The summed E-state index contributed by atoms with van der Waals surface area (Å²) in [5.41, 5.74) is 4.36. The van der Waals surface area contributed by atoms with Crippen LogP contribution in [0.3, 0.4) is 0 Å². The Bertz CT molecular complexity index is 1420. The van der Waals surface area contributed by atoms with Gasteiger partial charge in [0, 0.05) is 35.8 Å². The quantitative estimate of drug-likeness (QED) is 0.277. The van der Waals surface area contributed by atoms with E-state index in [9.17, 15) is 9.90 Å². The Hall–Kier alpha value is -3.78. The molecule has 0 saturated carbocycles.